The molecule has 0 saturated carbocycles. The normalized spacial score (nSPS) is 17.4. The first-order chi connectivity index (χ1) is 9.04. The molecule has 0 atom stereocenters. The SMILES string of the molecule is FC(F)(F)COc1ccccc1CN1CCNCC1. The Labute approximate surface area is 110 Å². The third-order valence-electron chi connectivity index (χ3n) is 2.97. The number of piperazine rings is 1. The molecule has 0 aromatic heterocycles. The van der Waals surface area contributed by atoms with Crippen molar-refractivity contribution in [3.05, 3.63) is 29.8 Å². The van der Waals surface area contributed by atoms with E-state index in [1.165, 1.54) is 0 Å². The lowest BCUT2D eigenvalue weighted by Crippen LogP contribution is -2.42. The molecule has 1 saturated heterocycles. The first-order valence-electron chi connectivity index (χ1n) is 6.25. The first kappa shape index (κ1) is 14.1. The molecule has 0 bridgehead atoms. The second-order valence-electron chi connectivity index (χ2n) is 4.54. The van der Waals surface area contributed by atoms with Crippen LogP contribution in [0.15, 0.2) is 24.3 Å². The average Bonchev–Trinajstić information content (AvgIpc) is 2.38. The van der Waals surface area contributed by atoms with E-state index in [1.807, 2.05) is 12.1 Å². The van der Waals surface area contributed by atoms with Crippen molar-refractivity contribution in [1.29, 1.82) is 0 Å². The van der Waals surface area contributed by atoms with Crippen LogP contribution in [0.2, 0.25) is 0 Å². The van der Waals surface area contributed by atoms with Crippen LogP contribution in [0.1, 0.15) is 5.56 Å². The maximum atomic E-state index is 12.2. The summed E-state index contributed by atoms with van der Waals surface area (Å²) < 4.78 is 41.4. The summed E-state index contributed by atoms with van der Waals surface area (Å²) in [6.07, 6.45) is -4.30. The minimum atomic E-state index is -4.30. The fourth-order valence-electron chi connectivity index (χ4n) is 2.05. The van der Waals surface area contributed by atoms with Gasteiger partial charge in [0.25, 0.3) is 0 Å². The third kappa shape index (κ3) is 4.72. The molecule has 0 aliphatic carbocycles. The smallest absolute Gasteiger partial charge is 0.422 e. The van der Waals surface area contributed by atoms with Gasteiger partial charge in [0.2, 0.25) is 0 Å². The van der Waals surface area contributed by atoms with E-state index in [0.29, 0.717) is 12.3 Å². The molecule has 0 amide bonds. The quantitative estimate of drug-likeness (QED) is 0.909. The lowest BCUT2D eigenvalue weighted by Gasteiger charge is -2.27. The highest BCUT2D eigenvalue weighted by Gasteiger charge is 2.28. The Balaban J connectivity index is 1.99. The molecule has 1 aliphatic heterocycles. The van der Waals surface area contributed by atoms with Crippen molar-refractivity contribution in [2.45, 2.75) is 12.7 Å². The van der Waals surface area contributed by atoms with Gasteiger partial charge in [-0.15, -0.1) is 0 Å². The Kier molecular flexibility index (Phi) is 4.66. The predicted octanol–water partition coefficient (Wildman–Crippen LogP) is 2.03. The van der Waals surface area contributed by atoms with Crippen LogP contribution in [-0.2, 0) is 6.54 Å². The van der Waals surface area contributed by atoms with Crippen molar-refractivity contribution in [3.8, 4) is 5.75 Å². The number of nitrogens with zero attached hydrogens (tertiary/aromatic N) is 1. The largest absolute Gasteiger partial charge is 0.484 e. The number of ether oxygens (including phenoxy) is 1. The van der Waals surface area contributed by atoms with Crippen molar-refractivity contribution in [2.24, 2.45) is 0 Å². The monoisotopic (exact) mass is 274 g/mol. The maximum Gasteiger partial charge on any atom is 0.422 e. The molecular formula is C13H17F3N2O. The minimum absolute atomic E-state index is 0.318. The van der Waals surface area contributed by atoms with Crippen LogP contribution in [0, 0.1) is 0 Å². The second-order valence-corrected chi connectivity index (χ2v) is 4.54. The van der Waals surface area contributed by atoms with Crippen LogP contribution >= 0.6 is 0 Å². The molecule has 1 fully saturated rings. The number of hydrogen-bond donors (Lipinski definition) is 1. The highest BCUT2D eigenvalue weighted by Crippen LogP contribution is 2.23. The number of nitrogens with one attached hydrogen (secondary N) is 1. The van der Waals surface area contributed by atoms with Gasteiger partial charge in [0.1, 0.15) is 5.75 Å². The van der Waals surface area contributed by atoms with E-state index >= 15 is 0 Å². The van der Waals surface area contributed by atoms with E-state index in [1.54, 1.807) is 12.1 Å². The predicted molar refractivity (Wildman–Crippen MR) is 66.1 cm³/mol. The van der Waals surface area contributed by atoms with E-state index < -0.39 is 12.8 Å². The van der Waals surface area contributed by atoms with Crippen molar-refractivity contribution < 1.29 is 17.9 Å². The van der Waals surface area contributed by atoms with Gasteiger partial charge >= 0.3 is 6.18 Å². The molecule has 6 heteroatoms. The lowest BCUT2D eigenvalue weighted by atomic mass is 10.2. The molecule has 106 valence electrons. The van der Waals surface area contributed by atoms with Gasteiger partial charge in [0, 0.05) is 38.3 Å². The average molecular weight is 274 g/mol. The molecule has 19 heavy (non-hydrogen) atoms. The molecular weight excluding hydrogens is 257 g/mol. The second kappa shape index (κ2) is 6.25. The summed E-state index contributed by atoms with van der Waals surface area (Å²) in [7, 11) is 0. The summed E-state index contributed by atoms with van der Waals surface area (Å²) in [6, 6.07) is 6.90. The summed E-state index contributed by atoms with van der Waals surface area (Å²) >= 11 is 0. The van der Waals surface area contributed by atoms with Crippen molar-refractivity contribution in [3.63, 3.8) is 0 Å². The van der Waals surface area contributed by atoms with Gasteiger partial charge in [-0.1, -0.05) is 18.2 Å². The number of alkyl halides is 3. The van der Waals surface area contributed by atoms with Gasteiger partial charge in [-0.05, 0) is 6.07 Å². The standard InChI is InChI=1S/C13H17F3N2O/c14-13(15,16)10-19-12-4-2-1-3-11(12)9-18-7-5-17-6-8-18/h1-4,17H,5-10H2. The highest BCUT2D eigenvalue weighted by atomic mass is 19.4. The van der Waals surface area contributed by atoms with E-state index in [0.717, 1.165) is 31.7 Å². The Bertz CT molecular complexity index is 403. The Hall–Kier alpha value is -1.27. The Morgan fingerprint density at radius 3 is 2.53 bits per heavy atom. The van der Waals surface area contributed by atoms with Crippen LogP contribution in [0.25, 0.3) is 0 Å². The molecule has 1 N–H and O–H groups in total. The van der Waals surface area contributed by atoms with Gasteiger partial charge in [-0.3, -0.25) is 4.90 Å². The van der Waals surface area contributed by atoms with E-state index in [4.69, 9.17) is 4.74 Å². The van der Waals surface area contributed by atoms with Crippen LogP contribution in [0.4, 0.5) is 13.2 Å². The van der Waals surface area contributed by atoms with Gasteiger partial charge < -0.3 is 10.1 Å². The van der Waals surface area contributed by atoms with Gasteiger partial charge in [0.15, 0.2) is 6.61 Å². The molecule has 0 unspecified atom stereocenters. The van der Waals surface area contributed by atoms with Crippen LogP contribution in [0.5, 0.6) is 5.75 Å². The fourth-order valence-corrected chi connectivity index (χ4v) is 2.05. The highest BCUT2D eigenvalue weighted by molar-refractivity contribution is 5.33. The number of rotatable bonds is 4. The molecule has 1 heterocycles. The molecule has 3 nitrogen and oxygen atoms in total. The summed E-state index contributed by atoms with van der Waals surface area (Å²) in [5.41, 5.74) is 0.800. The Morgan fingerprint density at radius 1 is 1.16 bits per heavy atom. The summed E-state index contributed by atoms with van der Waals surface area (Å²) in [5, 5.41) is 3.24. The van der Waals surface area contributed by atoms with Gasteiger partial charge in [-0.2, -0.15) is 13.2 Å². The van der Waals surface area contributed by atoms with Crippen LogP contribution in [0.3, 0.4) is 0 Å². The molecule has 0 radical (unpaired) electrons. The third-order valence-corrected chi connectivity index (χ3v) is 2.97. The molecule has 1 aromatic rings. The zero-order valence-corrected chi connectivity index (χ0v) is 10.5. The van der Waals surface area contributed by atoms with Gasteiger partial charge in [-0.25, -0.2) is 0 Å². The number of hydrogen-bond acceptors (Lipinski definition) is 3. The number of halogens is 3. The fraction of sp³-hybridized carbons (Fsp3) is 0.538. The molecule has 2 rings (SSSR count). The van der Waals surface area contributed by atoms with Crippen molar-refractivity contribution in [2.75, 3.05) is 32.8 Å². The summed E-state index contributed by atoms with van der Waals surface area (Å²) in [6.45, 7) is 2.99. The van der Waals surface area contributed by atoms with Crippen molar-refractivity contribution in [1.82, 2.24) is 10.2 Å². The van der Waals surface area contributed by atoms with E-state index in [2.05, 4.69) is 10.2 Å². The number of benzene rings is 1. The summed E-state index contributed by atoms with van der Waals surface area (Å²) in [5.74, 6) is 0.318. The number of para-hydroxylation sites is 1. The molecule has 1 aliphatic rings. The maximum absolute atomic E-state index is 12.2. The lowest BCUT2D eigenvalue weighted by molar-refractivity contribution is -0.153. The topological polar surface area (TPSA) is 24.5 Å². The van der Waals surface area contributed by atoms with Crippen LogP contribution < -0.4 is 10.1 Å². The van der Waals surface area contributed by atoms with Gasteiger partial charge in [0.05, 0.1) is 0 Å². The van der Waals surface area contributed by atoms with E-state index in [-0.39, 0.29) is 0 Å². The molecule has 0 spiro atoms. The van der Waals surface area contributed by atoms with Crippen LogP contribution in [-0.4, -0.2) is 43.9 Å². The van der Waals surface area contributed by atoms with E-state index in [9.17, 15) is 13.2 Å². The first-order valence-corrected chi connectivity index (χ1v) is 6.25. The zero-order valence-electron chi connectivity index (χ0n) is 10.5. The summed E-state index contributed by atoms with van der Waals surface area (Å²) in [4.78, 5) is 2.20. The minimum Gasteiger partial charge on any atom is -0.484 e. The molecule has 1 aromatic carbocycles. The zero-order chi connectivity index (χ0) is 13.7. The Morgan fingerprint density at radius 2 is 1.84 bits per heavy atom. The van der Waals surface area contributed by atoms with Crippen molar-refractivity contribution >= 4 is 0 Å².